The Morgan fingerprint density at radius 3 is 2.74 bits per heavy atom. The van der Waals surface area contributed by atoms with Gasteiger partial charge in [-0.2, -0.15) is 13.2 Å². The summed E-state index contributed by atoms with van der Waals surface area (Å²) in [7, 11) is -1.63. The van der Waals surface area contributed by atoms with Gasteiger partial charge in [0, 0.05) is 11.8 Å². The van der Waals surface area contributed by atoms with Crippen LogP contribution in [0.15, 0.2) is 35.6 Å². The zero-order valence-corrected chi connectivity index (χ0v) is 18.3. The Labute approximate surface area is 180 Å². The third-order valence-electron chi connectivity index (χ3n) is 4.67. The molecule has 2 heterocycles. The Kier molecular flexibility index (Phi) is 7.32. The molecule has 0 saturated heterocycles. The van der Waals surface area contributed by atoms with E-state index in [9.17, 15) is 17.4 Å². The van der Waals surface area contributed by atoms with Crippen LogP contribution in [0.25, 0.3) is 11.0 Å². The van der Waals surface area contributed by atoms with E-state index in [2.05, 4.69) is 21.9 Å². The number of H-pyrrole nitrogens is 1. The monoisotopic (exact) mass is 455 g/mol. The molecule has 0 amide bonds. The number of unbranched alkanes of at least 4 members (excludes halogenated alkanes) is 1. The van der Waals surface area contributed by atoms with Crippen molar-refractivity contribution in [1.82, 2.24) is 15.0 Å². The molecule has 10 heteroatoms. The topological polar surface area (TPSA) is 77.1 Å². The maximum absolute atomic E-state index is 12.9. The number of aromatic nitrogens is 3. The Morgan fingerprint density at radius 1 is 1.26 bits per heavy atom. The lowest BCUT2D eigenvalue weighted by molar-refractivity contribution is -0.137. The number of aromatic amines is 1. The average Bonchev–Trinajstić information content (AvgIpc) is 3.14. The number of imidazole rings is 1. The van der Waals surface area contributed by atoms with Gasteiger partial charge in [-0.25, -0.2) is 4.98 Å². The van der Waals surface area contributed by atoms with Crippen LogP contribution in [-0.4, -0.2) is 32.1 Å². The lowest BCUT2D eigenvalue weighted by Gasteiger charge is -2.17. The number of rotatable bonds is 9. The SMILES string of the molecule is CCCCOC(C)Oc1ccnc(CS(=O)c2nc3ccc(C(F)(F)F)cc3[nH]2)c1C. The highest BCUT2D eigenvalue weighted by molar-refractivity contribution is 7.84. The largest absolute Gasteiger partial charge is 0.465 e. The van der Waals surface area contributed by atoms with Gasteiger partial charge in [-0.3, -0.25) is 9.19 Å². The van der Waals surface area contributed by atoms with E-state index >= 15 is 0 Å². The van der Waals surface area contributed by atoms with Gasteiger partial charge in [0.1, 0.15) is 5.75 Å². The van der Waals surface area contributed by atoms with Crippen molar-refractivity contribution in [3.8, 4) is 5.75 Å². The number of fused-ring (bicyclic) bond motifs is 1. The lowest BCUT2D eigenvalue weighted by Crippen LogP contribution is -2.18. The first-order chi connectivity index (χ1) is 14.7. The summed E-state index contributed by atoms with van der Waals surface area (Å²) >= 11 is 0. The highest BCUT2D eigenvalue weighted by atomic mass is 32.2. The van der Waals surface area contributed by atoms with E-state index in [1.165, 1.54) is 6.07 Å². The number of alkyl halides is 3. The van der Waals surface area contributed by atoms with Gasteiger partial charge in [-0.15, -0.1) is 0 Å². The summed E-state index contributed by atoms with van der Waals surface area (Å²) in [6, 6.07) is 4.88. The highest BCUT2D eigenvalue weighted by Crippen LogP contribution is 2.31. The number of hydrogen-bond donors (Lipinski definition) is 1. The van der Waals surface area contributed by atoms with Crippen molar-refractivity contribution in [3.63, 3.8) is 0 Å². The van der Waals surface area contributed by atoms with Crippen molar-refractivity contribution in [1.29, 1.82) is 0 Å². The zero-order valence-electron chi connectivity index (χ0n) is 17.5. The Morgan fingerprint density at radius 2 is 2.03 bits per heavy atom. The van der Waals surface area contributed by atoms with E-state index < -0.39 is 28.8 Å². The molecule has 0 saturated carbocycles. The molecule has 0 aliphatic carbocycles. The van der Waals surface area contributed by atoms with Gasteiger partial charge in [-0.1, -0.05) is 13.3 Å². The van der Waals surface area contributed by atoms with Gasteiger partial charge >= 0.3 is 6.18 Å². The molecule has 2 aromatic heterocycles. The second-order valence-electron chi connectivity index (χ2n) is 7.05. The quantitative estimate of drug-likeness (QED) is 0.357. The van der Waals surface area contributed by atoms with Crippen LogP contribution >= 0.6 is 0 Å². The standard InChI is InChI=1S/C21H24F3N3O3S/c1-4-5-10-29-14(3)30-19-8-9-25-18(13(19)2)12-31(28)20-26-16-7-6-15(21(22,23)24)11-17(16)27-20/h6-9,11,14H,4-5,10,12H2,1-3H3,(H,26,27). The molecule has 3 aromatic rings. The molecule has 6 nitrogen and oxygen atoms in total. The lowest BCUT2D eigenvalue weighted by atomic mass is 10.2. The van der Waals surface area contributed by atoms with Crippen molar-refractivity contribution in [3.05, 3.63) is 47.3 Å². The van der Waals surface area contributed by atoms with E-state index in [0.717, 1.165) is 30.5 Å². The van der Waals surface area contributed by atoms with E-state index in [-0.39, 0.29) is 16.4 Å². The van der Waals surface area contributed by atoms with Crippen LogP contribution in [0.1, 0.15) is 43.5 Å². The molecule has 0 spiro atoms. The summed E-state index contributed by atoms with van der Waals surface area (Å²) in [6.45, 7) is 6.28. The molecule has 0 bridgehead atoms. The van der Waals surface area contributed by atoms with Crippen LogP contribution in [0.2, 0.25) is 0 Å². The van der Waals surface area contributed by atoms with Crippen LogP contribution in [0, 0.1) is 6.92 Å². The van der Waals surface area contributed by atoms with Crippen molar-refractivity contribution in [2.24, 2.45) is 0 Å². The number of nitrogens with one attached hydrogen (secondary N) is 1. The van der Waals surface area contributed by atoms with Crippen LogP contribution in [-0.2, 0) is 27.5 Å². The first-order valence-corrected chi connectivity index (χ1v) is 11.2. The van der Waals surface area contributed by atoms with Gasteiger partial charge in [0.15, 0.2) is 11.4 Å². The highest BCUT2D eigenvalue weighted by Gasteiger charge is 2.31. The van der Waals surface area contributed by atoms with Gasteiger partial charge in [0.2, 0.25) is 0 Å². The summed E-state index contributed by atoms with van der Waals surface area (Å²) in [5, 5.41) is 0.0955. The first kappa shape index (κ1) is 23.2. The molecule has 168 valence electrons. The van der Waals surface area contributed by atoms with Crippen molar-refractivity contribution >= 4 is 21.8 Å². The Hall–Kier alpha value is -2.46. The summed E-state index contributed by atoms with van der Waals surface area (Å²) in [5.41, 5.74) is 0.970. The van der Waals surface area contributed by atoms with Gasteiger partial charge in [0.05, 0.1) is 45.5 Å². The summed E-state index contributed by atoms with van der Waals surface area (Å²) in [4.78, 5) is 11.2. The Balaban J connectivity index is 1.74. The van der Waals surface area contributed by atoms with Crippen molar-refractivity contribution < 1.29 is 26.9 Å². The van der Waals surface area contributed by atoms with E-state index in [1.807, 2.05) is 6.92 Å². The zero-order chi connectivity index (χ0) is 22.6. The van der Waals surface area contributed by atoms with Crippen LogP contribution < -0.4 is 4.74 Å². The van der Waals surface area contributed by atoms with Gasteiger partial charge in [-0.05, 0) is 44.5 Å². The van der Waals surface area contributed by atoms with Crippen LogP contribution in [0.3, 0.4) is 0 Å². The van der Waals surface area contributed by atoms with Gasteiger partial charge in [0.25, 0.3) is 0 Å². The molecule has 31 heavy (non-hydrogen) atoms. The normalized spacial score (nSPS) is 14.0. The molecule has 2 unspecified atom stereocenters. The van der Waals surface area contributed by atoms with Crippen molar-refractivity contribution in [2.45, 2.75) is 57.0 Å². The molecule has 1 N–H and O–H groups in total. The van der Waals surface area contributed by atoms with Crippen molar-refractivity contribution in [2.75, 3.05) is 6.61 Å². The minimum Gasteiger partial charge on any atom is -0.465 e. The number of ether oxygens (including phenoxy) is 2. The van der Waals surface area contributed by atoms with Crippen LogP contribution in [0.4, 0.5) is 13.2 Å². The molecule has 0 aliphatic heterocycles. The number of benzene rings is 1. The summed E-state index contributed by atoms with van der Waals surface area (Å²) in [5.74, 6) is 0.616. The minimum absolute atomic E-state index is 0.0417. The van der Waals surface area contributed by atoms with E-state index in [4.69, 9.17) is 9.47 Å². The fraction of sp³-hybridized carbons (Fsp3) is 0.429. The third kappa shape index (κ3) is 5.82. The fourth-order valence-electron chi connectivity index (χ4n) is 2.90. The van der Waals surface area contributed by atoms with E-state index in [0.29, 0.717) is 23.6 Å². The fourth-order valence-corrected chi connectivity index (χ4v) is 4.00. The smallest absolute Gasteiger partial charge is 0.416 e. The maximum atomic E-state index is 12.9. The molecule has 0 fully saturated rings. The Bertz CT molecular complexity index is 1070. The molecule has 0 aliphatic rings. The number of halogens is 3. The molecular formula is C21H24F3N3O3S. The molecule has 1 aromatic carbocycles. The molecular weight excluding hydrogens is 431 g/mol. The average molecular weight is 456 g/mol. The maximum Gasteiger partial charge on any atom is 0.416 e. The summed E-state index contributed by atoms with van der Waals surface area (Å²) < 4.78 is 63.0. The number of nitrogens with zero attached hydrogens (tertiary/aromatic N) is 2. The third-order valence-corrected chi connectivity index (χ3v) is 5.83. The first-order valence-electron chi connectivity index (χ1n) is 9.87. The molecule has 3 rings (SSSR count). The molecule has 2 atom stereocenters. The predicted molar refractivity (Wildman–Crippen MR) is 111 cm³/mol. The minimum atomic E-state index is -4.46. The molecule has 0 radical (unpaired) electrons. The summed E-state index contributed by atoms with van der Waals surface area (Å²) in [6.07, 6.45) is -1.38. The predicted octanol–water partition coefficient (Wildman–Crippen LogP) is 5.13. The second-order valence-corrected chi connectivity index (χ2v) is 8.42. The van der Waals surface area contributed by atoms with Crippen LogP contribution in [0.5, 0.6) is 5.75 Å². The van der Waals surface area contributed by atoms with E-state index in [1.54, 1.807) is 19.2 Å². The number of pyridine rings is 1. The second kappa shape index (κ2) is 9.78. The van der Waals surface area contributed by atoms with Gasteiger partial charge < -0.3 is 14.5 Å². The number of hydrogen-bond acceptors (Lipinski definition) is 5.